The molecule has 1 amide bonds. The number of hydrogen-bond acceptors (Lipinski definition) is 5. The fourth-order valence-electron chi connectivity index (χ4n) is 1.55. The number of carbonyl (C=O) groups is 1. The number of aromatic nitrogens is 1. The summed E-state index contributed by atoms with van der Waals surface area (Å²) in [4.78, 5) is 15.5. The van der Waals surface area contributed by atoms with Crippen molar-refractivity contribution in [3.63, 3.8) is 0 Å². The lowest BCUT2D eigenvalue weighted by Gasteiger charge is -2.08. The van der Waals surface area contributed by atoms with Gasteiger partial charge >= 0.3 is 0 Å². The molecule has 0 aromatic carbocycles. The maximum atomic E-state index is 11.4. The molecule has 1 rings (SSSR count). The van der Waals surface area contributed by atoms with Crippen LogP contribution >= 0.6 is 0 Å². The van der Waals surface area contributed by atoms with Gasteiger partial charge in [0, 0.05) is 44.9 Å². The van der Waals surface area contributed by atoms with E-state index in [-0.39, 0.29) is 5.91 Å². The van der Waals surface area contributed by atoms with E-state index in [1.807, 2.05) is 12.1 Å². The molecule has 0 bridgehead atoms. The first kappa shape index (κ1) is 15.4. The molecule has 0 fully saturated rings. The fraction of sp³-hybridized carbons (Fsp3) is 0.538. The van der Waals surface area contributed by atoms with Gasteiger partial charge in [0.2, 0.25) is 11.8 Å². The summed E-state index contributed by atoms with van der Waals surface area (Å²) in [5.74, 6) is 0.627. The SMILES string of the molecule is COCCNC(=O)CCNCc1cccnc1OC. The summed E-state index contributed by atoms with van der Waals surface area (Å²) in [6.07, 6.45) is 2.12. The summed E-state index contributed by atoms with van der Waals surface area (Å²) >= 11 is 0. The van der Waals surface area contributed by atoms with E-state index in [0.29, 0.717) is 38.5 Å². The summed E-state index contributed by atoms with van der Waals surface area (Å²) < 4.78 is 9.99. The number of amides is 1. The molecule has 0 saturated heterocycles. The highest BCUT2D eigenvalue weighted by atomic mass is 16.5. The van der Waals surface area contributed by atoms with Crippen molar-refractivity contribution in [1.29, 1.82) is 0 Å². The predicted octanol–water partition coefficient (Wildman–Crippen LogP) is 0.333. The first-order chi connectivity index (χ1) is 9.27. The van der Waals surface area contributed by atoms with E-state index in [1.54, 1.807) is 20.4 Å². The van der Waals surface area contributed by atoms with Crippen LogP contribution < -0.4 is 15.4 Å². The Bertz CT molecular complexity index is 385. The molecule has 1 heterocycles. The minimum Gasteiger partial charge on any atom is -0.481 e. The lowest BCUT2D eigenvalue weighted by molar-refractivity contribution is -0.121. The topological polar surface area (TPSA) is 72.5 Å². The van der Waals surface area contributed by atoms with Gasteiger partial charge in [0.05, 0.1) is 13.7 Å². The monoisotopic (exact) mass is 267 g/mol. The highest BCUT2D eigenvalue weighted by Crippen LogP contribution is 2.12. The molecule has 6 heteroatoms. The molecule has 0 aliphatic carbocycles. The third kappa shape index (κ3) is 6.17. The molecule has 19 heavy (non-hydrogen) atoms. The minimum atomic E-state index is 0.0164. The van der Waals surface area contributed by atoms with Crippen LogP contribution in [0.4, 0.5) is 0 Å². The largest absolute Gasteiger partial charge is 0.481 e. The number of hydrogen-bond donors (Lipinski definition) is 2. The van der Waals surface area contributed by atoms with Crippen molar-refractivity contribution in [3.8, 4) is 5.88 Å². The Balaban J connectivity index is 2.18. The van der Waals surface area contributed by atoms with Crippen LogP contribution in [-0.2, 0) is 16.1 Å². The quantitative estimate of drug-likeness (QED) is 0.631. The third-order valence-corrected chi connectivity index (χ3v) is 2.52. The zero-order chi connectivity index (χ0) is 13.9. The van der Waals surface area contributed by atoms with Crippen LogP contribution in [0.1, 0.15) is 12.0 Å². The van der Waals surface area contributed by atoms with Crippen molar-refractivity contribution in [2.24, 2.45) is 0 Å². The Kier molecular flexibility index (Phi) is 7.53. The maximum absolute atomic E-state index is 11.4. The Morgan fingerprint density at radius 2 is 2.21 bits per heavy atom. The van der Waals surface area contributed by atoms with Gasteiger partial charge in [-0.3, -0.25) is 4.79 Å². The van der Waals surface area contributed by atoms with Gasteiger partial charge in [0.15, 0.2) is 0 Å². The molecule has 2 N–H and O–H groups in total. The number of carbonyl (C=O) groups excluding carboxylic acids is 1. The molecule has 0 spiro atoms. The van der Waals surface area contributed by atoms with Gasteiger partial charge in [-0.05, 0) is 6.07 Å². The van der Waals surface area contributed by atoms with Crippen molar-refractivity contribution in [2.75, 3.05) is 33.9 Å². The minimum absolute atomic E-state index is 0.0164. The third-order valence-electron chi connectivity index (χ3n) is 2.52. The van der Waals surface area contributed by atoms with Crippen LogP contribution in [0.2, 0.25) is 0 Å². The van der Waals surface area contributed by atoms with Crippen molar-refractivity contribution in [2.45, 2.75) is 13.0 Å². The Labute approximate surface area is 113 Å². The van der Waals surface area contributed by atoms with Gasteiger partial charge in [0.1, 0.15) is 0 Å². The number of ether oxygens (including phenoxy) is 2. The van der Waals surface area contributed by atoms with E-state index >= 15 is 0 Å². The van der Waals surface area contributed by atoms with E-state index in [2.05, 4.69) is 15.6 Å². The van der Waals surface area contributed by atoms with Crippen LogP contribution in [0.25, 0.3) is 0 Å². The molecule has 1 aromatic rings. The normalized spacial score (nSPS) is 10.2. The van der Waals surface area contributed by atoms with Gasteiger partial charge in [-0.2, -0.15) is 0 Å². The summed E-state index contributed by atoms with van der Waals surface area (Å²) in [5.41, 5.74) is 0.977. The first-order valence-corrected chi connectivity index (χ1v) is 6.22. The molecule has 0 aliphatic heterocycles. The van der Waals surface area contributed by atoms with Gasteiger partial charge in [-0.1, -0.05) is 6.07 Å². The Hall–Kier alpha value is -1.66. The fourth-order valence-corrected chi connectivity index (χ4v) is 1.55. The second-order valence-electron chi connectivity index (χ2n) is 3.94. The number of rotatable bonds is 9. The second-order valence-corrected chi connectivity index (χ2v) is 3.94. The molecular formula is C13H21N3O3. The smallest absolute Gasteiger partial charge is 0.221 e. The van der Waals surface area contributed by atoms with Crippen molar-refractivity contribution in [1.82, 2.24) is 15.6 Å². The molecule has 0 atom stereocenters. The molecule has 6 nitrogen and oxygen atoms in total. The van der Waals surface area contributed by atoms with Crippen LogP contribution in [0.3, 0.4) is 0 Å². The van der Waals surface area contributed by atoms with Gasteiger partial charge < -0.3 is 20.1 Å². The van der Waals surface area contributed by atoms with Crippen molar-refractivity contribution >= 4 is 5.91 Å². The first-order valence-electron chi connectivity index (χ1n) is 6.22. The van der Waals surface area contributed by atoms with E-state index in [9.17, 15) is 4.79 Å². The van der Waals surface area contributed by atoms with Gasteiger partial charge in [-0.25, -0.2) is 4.98 Å². The average molecular weight is 267 g/mol. The summed E-state index contributed by atoms with van der Waals surface area (Å²) in [6.45, 7) is 2.32. The van der Waals surface area contributed by atoms with E-state index in [1.165, 1.54) is 0 Å². The predicted molar refractivity (Wildman–Crippen MR) is 72.0 cm³/mol. The van der Waals surface area contributed by atoms with E-state index in [4.69, 9.17) is 9.47 Å². The van der Waals surface area contributed by atoms with Crippen LogP contribution in [0.15, 0.2) is 18.3 Å². The molecule has 0 unspecified atom stereocenters. The van der Waals surface area contributed by atoms with Crippen molar-refractivity contribution in [3.05, 3.63) is 23.9 Å². The molecule has 106 valence electrons. The lowest BCUT2D eigenvalue weighted by atomic mass is 10.2. The molecule has 0 saturated carbocycles. The van der Waals surface area contributed by atoms with Gasteiger partial charge in [-0.15, -0.1) is 0 Å². The average Bonchev–Trinajstić information content (AvgIpc) is 2.44. The van der Waals surface area contributed by atoms with Crippen LogP contribution in [0, 0.1) is 0 Å². The van der Waals surface area contributed by atoms with Gasteiger partial charge in [0.25, 0.3) is 0 Å². The summed E-state index contributed by atoms with van der Waals surface area (Å²) in [6, 6.07) is 3.80. The zero-order valence-corrected chi connectivity index (χ0v) is 11.4. The summed E-state index contributed by atoms with van der Waals surface area (Å²) in [5, 5.41) is 5.95. The summed E-state index contributed by atoms with van der Waals surface area (Å²) in [7, 11) is 3.20. The molecule has 0 aliphatic rings. The van der Waals surface area contributed by atoms with Crippen LogP contribution in [0.5, 0.6) is 5.88 Å². The Morgan fingerprint density at radius 3 is 2.95 bits per heavy atom. The molecular weight excluding hydrogens is 246 g/mol. The Morgan fingerprint density at radius 1 is 1.37 bits per heavy atom. The molecule has 0 radical (unpaired) electrons. The number of pyridine rings is 1. The number of methoxy groups -OCH3 is 2. The highest BCUT2D eigenvalue weighted by molar-refractivity contribution is 5.76. The van der Waals surface area contributed by atoms with Crippen LogP contribution in [-0.4, -0.2) is 44.8 Å². The van der Waals surface area contributed by atoms with E-state index < -0.39 is 0 Å². The molecule has 1 aromatic heterocycles. The number of nitrogens with one attached hydrogen (secondary N) is 2. The maximum Gasteiger partial charge on any atom is 0.221 e. The number of nitrogens with zero attached hydrogens (tertiary/aromatic N) is 1. The van der Waals surface area contributed by atoms with E-state index in [0.717, 1.165) is 5.56 Å². The highest BCUT2D eigenvalue weighted by Gasteiger charge is 2.03. The zero-order valence-electron chi connectivity index (χ0n) is 11.4. The lowest BCUT2D eigenvalue weighted by Crippen LogP contribution is -2.30. The standard InChI is InChI=1S/C13H21N3O3/c1-18-9-8-15-12(17)5-7-14-10-11-4-3-6-16-13(11)19-2/h3-4,6,14H,5,7-10H2,1-2H3,(H,15,17). The van der Waals surface area contributed by atoms with Crippen molar-refractivity contribution < 1.29 is 14.3 Å². The second kappa shape index (κ2) is 9.29.